The third-order valence-electron chi connectivity index (χ3n) is 16.7. The van der Waals surface area contributed by atoms with Crippen LogP contribution in [0.25, 0.3) is 110 Å². The Balaban J connectivity index is 0.847. The van der Waals surface area contributed by atoms with E-state index in [0.29, 0.717) is 5.92 Å². The first-order chi connectivity index (χ1) is 34.9. The molecule has 1 spiro atoms. The summed E-state index contributed by atoms with van der Waals surface area (Å²) in [6, 6.07) is 77.6. The zero-order chi connectivity index (χ0) is 47.0. The minimum atomic E-state index is -0.195. The highest BCUT2D eigenvalue weighted by Crippen LogP contribution is 2.64. The van der Waals surface area contributed by atoms with Crippen LogP contribution in [-0.4, -0.2) is 4.57 Å². The molecule has 1 heteroatoms. The molecule has 15 rings (SSSR count). The van der Waals surface area contributed by atoms with Crippen LogP contribution in [0.5, 0.6) is 0 Å². The van der Waals surface area contributed by atoms with E-state index < -0.39 is 0 Å². The fourth-order valence-electron chi connectivity index (χ4n) is 12.9. The van der Waals surface area contributed by atoms with Gasteiger partial charge in [-0.1, -0.05) is 214 Å². The molecule has 0 N–H and O–H groups in total. The Kier molecular flexibility index (Phi) is 8.52. The van der Waals surface area contributed by atoms with Crippen molar-refractivity contribution in [3.05, 3.63) is 265 Å². The molecule has 1 nitrogen and oxygen atoms in total. The molecule has 0 saturated heterocycles. The lowest BCUT2D eigenvalue weighted by Crippen LogP contribution is -2.15. The van der Waals surface area contributed by atoms with Crippen molar-refractivity contribution in [1.29, 1.82) is 0 Å². The van der Waals surface area contributed by atoms with Crippen LogP contribution >= 0.6 is 0 Å². The van der Waals surface area contributed by atoms with Gasteiger partial charge in [-0.25, -0.2) is 0 Å². The molecule has 4 aliphatic rings. The molecular formula is C70H49N. The van der Waals surface area contributed by atoms with Gasteiger partial charge < -0.3 is 4.57 Å². The molecule has 2 atom stereocenters. The Bertz CT molecular complexity index is 4190. The van der Waals surface area contributed by atoms with Crippen LogP contribution in [0.1, 0.15) is 37.0 Å². The lowest BCUT2D eigenvalue weighted by Gasteiger charge is -2.23. The fraction of sp³-hybridized carbons (Fsp3) is 0.0857. The Morgan fingerprint density at radius 2 is 0.944 bits per heavy atom. The number of fused-ring (bicyclic) bond motifs is 8. The molecule has 1 saturated carbocycles. The van der Waals surface area contributed by atoms with Gasteiger partial charge in [0.15, 0.2) is 0 Å². The van der Waals surface area contributed by atoms with Gasteiger partial charge in [0, 0.05) is 27.3 Å². The molecule has 10 aromatic carbocycles. The lowest BCUT2D eigenvalue weighted by molar-refractivity contribution is 0.660. The topological polar surface area (TPSA) is 4.93 Å². The molecule has 0 aliphatic heterocycles. The molecule has 0 radical (unpaired) electrons. The van der Waals surface area contributed by atoms with Crippen molar-refractivity contribution in [1.82, 2.24) is 4.57 Å². The molecule has 0 bridgehead atoms. The molecule has 71 heavy (non-hydrogen) atoms. The van der Waals surface area contributed by atoms with Gasteiger partial charge in [-0.15, -0.1) is 0 Å². The first-order valence-corrected chi connectivity index (χ1v) is 25.2. The van der Waals surface area contributed by atoms with E-state index in [4.69, 9.17) is 0 Å². The van der Waals surface area contributed by atoms with Crippen molar-refractivity contribution >= 4 is 48.9 Å². The van der Waals surface area contributed by atoms with Crippen molar-refractivity contribution in [3.8, 4) is 61.3 Å². The summed E-state index contributed by atoms with van der Waals surface area (Å²) in [4.78, 5) is 0. The molecule has 0 amide bonds. The Morgan fingerprint density at radius 1 is 0.408 bits per heavy atom. The van der Waals surface area contributed by atoms with E-state index in [1.165, 1.54) is 139 Å². The molecule has 4 aliphatic carbocycles. The van der Waals surface area contributed by atoms with Gasteiger partial charge >= 0.3 is 0 Å². The van der Waals surface area contributed by atoms with Gasteiger partial charge in [0.1, 0.15) is 0 Å². The van der Waals surface area contributed by atoms with E-state index in [0.717, 1.165) is 0 Å². The summed E-state index contributed by atoms with van der Waals surface area (Å²) in [7, 11) is 0. The second-order valence-electron chi connectivity index (χ2n) is 20.9. The molecule has 334 valence electrons. The summed E-state index contributed by atoms with van der Waals surface area (Å²) in [5.74, 6) is 0.639. The average Bonchev–Trinajstić information content (AvgIpc) is 3.99. The van der Waals surface area contributed by atoms with Crippen LogP contribution in [0.15, 0.2) is 248 Å². The van der Waals surface area contributed by atoms with Crippen molar-refractivity contribution in [2.75, 3.05) is 0 Å². The van der Waals surface area contributed by atoms with Gasteiger partial charge in [-0.3, -0.25) is 0 Å². The summed E-state index contributed by atoms with van der Waals surface area (Å²) in [6.45, 7) is 4.81. The number of aromatic nitrogens is 1. The lowest BCUT2D eigenvalue weighted by atomic mass is 9.80. The molecule has 1 aromatic heterocycles. The summed E-state index contributed by atoms with van der Waals surface area (Å²) in [5.41, 5.74) is 23.0. The highest BCUT2D eigenvalue weighted by molar-refractivity contribution is 6.12. The predicted molar refractivity (Wildman–Crippen MR) is 300 cm³/mol. The molecule has 1 fully saturated rings. The maximum atomic E-state index is 2.50. The predicted octanol–water partition coefficient (Wildman–Crippen LogP) is 18.5. The van der Waals surface area contributed by atoms with Crippen molar-refractivity contribution in [3.63, 3.8) is 0 Å². The Morgan fingerprint density at radius 3 is 1.61 bits per heavy atom. The van der Waals surface area contributed by atoms with E-state index >= 15 is 0 Å². The highest BCUT2D eigenvalue weighted by atomic mass is 15.0. The second-order valence-corrected chi connectivity index (χ2v) is 20.9. The molecule has 11 aromatic rings. The van der Waals surface area contributed by atoms with E-state index in [-0.39, 0.29) is 10.8 Å². The quantitative estimate of drug-likeness (QED) is 0.157. The number of allylic oxidation sites excluding steroid dienone is 8. The van der Waals surface area contributed by atoms with Crippen LogP contribution < -0.4 is 0 Å². The fourth-order valence-corrected chi connectivity index (χ4v) is 12.9. The minimum absolute atomic E-state index is 0.195. The monoisotopic (exact) mass is 903 g/mol. The third-order valence-corrected chi connectivity index (χ3v) is 16.7. The third kappa shape index (κ3) is 6.06. The summed E-state index contributed by atoms with van der Waals surface area (Å²) in [5, 5.41) is 7.59. The number of nitrogens with zero attached hydrogens (tertiary/aromatic N) is 1. The van der Waals surface area contributed by atoms with Crippen molar-refractivity contribution in [2.45, 2.75) is 25.7 Å². The van der Waals surface area contributed by atoms with E-state index in [1.54, 1.807) is 0 Å². The Hall–Kier alpha value is -8.52. The number of rotatable bonds is 6. The second kappa shape index (κ2) is 15.0. The standard InChI is InChI=1S/C70H49N/c1-69(2)65-41-52(58-18-10-14-47-12-4-6-16-56(47)58)28-33-60(65)61-35-32-54(42-66(61)69)71-67-36-29-50(44-20-24-48(25-21-44)57-17-9-13-46-11-3-5-15-55(46)57)39-62(67)63-40-51(30-37-68(63)71)45-22-26-49(27-23-45)59-34-31-53-43-70(53)38-8-7-19-64(59)70/h3-42,53H,43H2,1-2H3. The van der Waals surface area contributed by atoms with Crippen LogP contribution in [-0.2, 0) is 5.41 Å². The maximum Gasteiger partial charge on any atom is 0.0541 e. The van der Waals surface area contributed by atoms with Gasteiger partial charge in [-0.2, -0.15) is 0 Å². The molecule has 1 heterocycles. The maximum absolute atomic E-state index is 2.50. The van der Waals surface area contributed by atoms with Crippen LogP contribution in [0.3, 0.4) is 0 Å². The van der Waals surface area contributed by atoms with E-state index in [1.807, 2.05) is 0 Å². The zero-order valence-corrected chi connectivity index (χ0v) is 39.8. The number of hydrogen-bond donors (Lipinski definition) is 0. The van der Waals surface area contributed by atoms with E-state index in [9.17, 15) is 0 Å². The van der Waals surface area contributed by atoms with Crippen molar-refractivity contribution in [2.24, 2.45) is 11.3 Å². The largest absolute Gasteiger partial charge is 0.309 e. The zero-order valence-electron chi connectivity index (χ0n) is 39.8. The summed E-state index contributed by atoms with van der Waals surface area (Å²) < 4.78 is 2.50. The highest BCUT2D eigenvalue weighted by Gasteiger charge is 2.55. The SMILES string of the molecule is CC1(C)c2cc(-c3cccc4ccccc34)ccc2-c2ccc(-n3c4ccc(-c5ccc(C6=C7C=CC=CC78CC8C=C6)cc5)cc4c4cc(-c5ccc(-c6cccc7ccccc67)cc5)ccc43)cc21. The Labute approximate surface area is 414 Å². The van der Waals surface area contributed by atoms with Gasteiger partial charge in [-0.05, 0) is 160 Å². The average molecular weight is 904 g/mol. The number of benzene rings is 10. The van der Waals surface area contributed by atoms with Gasteiger partial charge in [0.05, 0.1) is 11.0 Å². The first kappa shape index (κ1) is 40.4. The molecule has 2 unspecified atom stereocenters. The summed E-state index contributed by atoms with van der Waals surface area (Å²) in [6.07, 6.45) is 15.2. The molecular weight excluding hydrogens is 855 g/mol. The van der Waals surface area contributed by atoms with Gasteiger partial charge in [0.2, 0.25) is 0 Å². The van der Waals surface area contributed by atoms with Gasteiger partial charge in [0.25, 0.3) is 0 Å². The van der Waals surface area contributed by atoms with Crippen LogP contribution in [0, 0.1) is 11.3 Å². The first-order valence-electron chi connectivity index (χ1n) is 25.2. The smallest absolute Gasteiger partial charge is 0.0541 e. The number of hydrogen-bond acceptors (Lipinski definition) is 0. The summed E-state index contributed by atoms with van der Waals surface area (Å²) >= 11 is 0. The van der Waals surface area contributed by atoms with E-state index in [2.05, 4.69) is 261 Å². The van der Waals surface area contributed by atoms with Crippen LogP contribution in [0.2, 0.25) is 0 Å². The van der Waals surface area contributed by atoms with Crippen molar-refractivity contribution < 1.29 is 0 Å². The normalized spacial score (nSPS) is 18.0. The minimum Gasteiger partial charge on any atom is -0.309 e. The van der Waals surface area contributed by atoms with Crippen LogP contribution in [0.4, 0.5) is 0 Å².